The van der Waals surface area contributed by atoms with Crippen molar-refractivity contribution in [3.05, 3.63) is 136 Å². The fourth-order valence-electron chi connectivity index (χ4n) is 8.56. The van der Waals surface area contributed by atoms with Crippen LogP contribution in [0, 0.1) is 30.6 Å². The Hall–Kier alpha value is -7.01. The number of ether oxygens (including phenoxy) is 4. The molecule has 3 aromatic carbocycles. The van der Waals surface area contributed by atoms with Gasteiger partial charge in [-0.3, -0.25) is 29.4 Å². The van der Waals surface area contributed by atoms with Gasteiger partial charge in [0.25, 0.3) is 17.6 Å². The molecule has 2 amide bonds. The number of aromatic hydroxyl groups is 1. The number of methoxy groups -OCH3 is 1. The summed E-state index contributed by atoms with van der Waals surface area (Å²) in [5.41, 5.74) is 5.09. The van der Waals surface area contributed by atoms with Crippen molar-refractivity contribution < 1.29 is 63.3 Å². The first-order valence-corrected chi connectivity index (χ1v) is 21.8. The number of nitrogens with one attached hydrogen (secondary N) is 3. The minimum atomic E-state index is -2.14. The number of rotatable bonds is 6. The van der Waals surface area contributed by atoms with E-state index >= 15 is 0 Å². The molecule has 0 spiro atoms. The molecule has 5 bridgehead atoms. The molecule has 0 saturated heterocycles. The van der Waals surface area contributed by atoms with E-state index in [0.29, 0.717) is 0 Å². The number of hydrogen-bond donors (Lipinski definition) is 7. The van der Waals surface area contributed by atoms with Crippen LogP contribution in [0.25, 0.3) is 16.9 Å². The lowest BCUT2D eigenvalue weighted by Gasteiger charge is -2.38. The van der Waals surface area contributed by atoms with Crippen LogP contribution in [0.2, 0.25) is 0 Å². The molecule has 354 valence electrons. The molecule has 16 heteroatoms. The Morgan fingerprint density at radius 1 is 0.851 bits per heavy atom. The zero-order chi connectivity index (χ0) is 49.1. The third kappa shape index (κ3) is 9.92. The summed E-state index contributed by atoms with van der Waals surface area (Å²) in [6, 6.07) is 16.3. The van der Waals surface area contributed by atoms with E-state index in [9.17, 15) is 44.4 Å². The number of aliphatic hydroxyl groups excluding tert-OH is 3. The largest absolute Gasteiger partial charge is 0.507 e. The van der Waals surface area contributed by atoms with Gasteiger partial charge in [0.15, 0.2) is 11.5 Å². The number of Topliss-reactive ketones (excluding diaryl/α,β-unsaturated/α-hetero) is 2. The predicted molar refractivity (Wildman–Crippen MR) is 247 cm³/mol. The van der Waals surface area contributed by atoms with Crippen LogP contribution in [0.1, 0.15) is 90.7 Å². The lowest BCUT2D eigenvalue weighted by Crippen LogP contribution is -2.46. The number of ketones is 2. The molecule has 7 N–H and O–H groups in total. The van der Waals surface area contributed by atoms with Crippen LogP contribution >= 0.6 is 0 Å². The van der Waals surface area contributed by atoms with E-state index in [1.807, 2.05) is 30.3 Å². The van der Waals surface area contributed by atoms with E-state index in [4.69, 9.17) is 18.9 Å². The number of benzene rings is 3. The molecule has 3 heterocycles. The second-order valence-corrected chi connectivity index (χ2v) is 17.3. The number of phenols is 1. The maximum absolute atomic E-state index is 14.8. The molecule has 0 fully saturated rings. The van der Waals surface area contributed by atoms with Gasteiger partial charge in [-0.25, -0.2) is 0 Å². The van der Waals surface area contributed by atoms with Gasteiger partial charge in [-0.1, -0.05) is 88.4 Å². The summed E-state index contributed by atoms with van der Waals surface area (Å²) in [7, 11) is 1.41. The molecular weight excluding hydrogens is 863 g/mol. The van der Waals surface area contributed by atoms with E-state index in [1.54, 1.807) is 58.0 Å². The number of esters is 1. The lowest BCUT2D eigenvalue weighted by atomic mass is 9.78. The highest BCUT2D eigenvalue weighted by atomic mass is 16.7. The number of phenolic OH excluding ortho intramolecular Hbond substituents is 1. The van der Waals surface area contributed by atoms with Gasteiger partial charge < -0.3 is 50.1 Å². The zero-order valence-corrected chi connectivity index (χ0v) is 38.7. The van der Waals surface area contributed by atoms with Gasteiger partial charge in [0.05, 0.1) is 52.5 Å². The highest BCUT2D eigenvalue weighted by Crippen LogP contribution is 2.50. The summed E-state index contributed by atoms with van der Waals surface area (Å²) >= 11 is 0. The monoisotopic (exact) mass is 919 g/mol. The Kier molecular flexibility index (Phi) is 14.9. The minimum absolute atomic E-state index is 0.0306. The van der Waals surface area contributed by atoms with Crippen molar-refractivity contribution in [2.45, 2.75) is 85.6 Å². The van der Waals surface area contributed by atoms with E-state index in [2.05, 4.69) is 16.2 Å². The molecule has 0 aromatic heterocycles. The normalized spacial score (nSPS) is 29.2. The highest BCUT2D eigenvalue weighted by Gasteiger charge is 2.52. The Morgan fingerprint density at radius 2 is 1.51 bits per heavy atom. The maximum atomic E-state index is 14.8. The van der Waals surface area contributed by atoms with Crippen LogP contribution in [0.5, 0.6) is 11.5 Å². The first kappa shape index (κ1) is 49.4. The van der Waals surface area contributed by atoms with Crippen molar-refractivity contribution in [2.75, 3.05) is 7.11 Å². The lowest BCUT2D eigenvalue weighted by molar-refractivity contribution is -0.160. The summed E-state index contributed by atoms with van der Waals surface area (Å²) in [5, 5.41) is 49.1. The number of hydrogen-bond acceptors (Lipinski definition) is 14. The molecule has 16 nitrogen and oxygen atoms in total. The molecule has 4 aliphatic rings. The fourth-order valence-corrected chi connectivity index (χ4v) is 8.56. The van der Waals surface area contributed by atoms with Crippen molar-refractivity contribution in [1.82, 2.24) is 16.2 Å². The minimum Gasteiger partial charge on any atom is -0.507 e. The number of carbonyl (C=O) groups excluding carboxylic acids is 5. The van der Waals surface area contributed by atoms with Crippen molar-refractivity contribution in [3.63, 3.8) is 0 Å². The van der Waals surface area contributed by atoms with Gasteiger partial charge in [-0.2, -0.15) is 0 Å². The smallest absolute Gasteiger partial charge is 0.312 e. The SMILES string of the molecule is COC1/C=C/OC2(C)Oc3c(C)c(O)c4c(c3C2=O)C(=O)/C(=C/NNC(=O)c2ccc(-c3ccccc3)cc2)C(=C4O)NC(=O)/C(C)=C\C=C\C(C)C(O)C(C)C(O)C(C)C(OC(C)=O)C1C. The van der Waals surface area contributed by atoms with Crippen LogP contribution in [-0.4, -0.2) is 87.1 Å². The van der Waals surface area contributed by atoms with Gasteiger partial charge in [-0.05, 0) is 43.2 Å². The van der Waals surface area contributed by atoms with Crippen molar-refractivity contribution in [2.24, 2.45) is 23.7 Å². The fraction of sp³-hybridized carbons (Fsp3) is 0.353. The average molecular weight is 920 g/mol. The molecule has 9 unspecified atom stereocenters. The summed E-state index contributed by atoms with van der Waals surface area (Å²) in [6.45, 7) is 12.2. The van der Waals surface area contributed by atoms with Gasteiger partial charge in [0.1, 0.15) is 17.6 Å². The first-order chi connectivity index (χ1) is 31.7. The third-order valence-corrected chi connectivity index (χ3v) is 12.7. The molecule has 9 atom stereocenters. The van der Waals surface area contributed by atoms with Crippen molar-refractivity contribution in [3.8, 4) is 22.6 Å². The standard InChI is InChI=1S/C51H57N3O13/c1-25-14-13-15-26(2)49(62)53-40-35(24-52-54-50(63)34-20-18-33(19-21-34)32-16-11-10-12-17-32)44(59)37-38(45(40)60)43(58)30(6)47-39(37)48(61)51(8,67-47)65-23-22-36(64-9)27(3)46(66-31(7)55)29(5)42(57)28(4)41(25)56/h10-25,27-29,36,41-42,46,52,56-58,60H,1-9H3,(H,53,62)(H,54,63)/b14-13+,23-22+,26-15-,35-24+. The number of hydrazine groups is 1. The van der Waals surface area contributed by atoms with E-state index in [1.165, 1.54) is 53.0 Å². The van der Waals surface area contributed by atoms with Gasteiger partial charge in [0, 0.05) is 67.5 Å². The molecular formula is C51H57N3O13. The predicted octanol–water partition coefficient (Wildman–Crippen LogP) is 6.28. The van der Waals surface area contributed by atoms with Crippen LogP contribution < -0.4 is 20.9 Å². The summed E-state index contributed by atoms with van der Waals surface area (Å²) in [4.78, 5) is 68.8. The third-order valence-electron chi connectivity index (χ3n) is 12.7. The van der Waals surface area contributed by atoms with E-state index in [-0.39, 0.29) is 28.0 Å². The van der Waals surface area contributed by atoms with Crippen LogP contribution in [0.15, 0.2) is 108 Å². The second kappa shape index (κ2) is 20.2. The molecule has 67 heavy (non-hydrogen) atoms. The average Bonchev–Trinajstić information content (AvgIpc) is 3.58. The molecule has 3 aliphatic heterocycles. The van der Waals surface area contributed by atoms with Gasteiger partial charge >= 0.3 is 11.8 Å². The van der Waals surface area contributed by atoms with Crippen molar-refractivity contribution >= 4 is 35.1 Å². The van der Waals surface area contributed by atoms with Gasteiger partial charge in [0.2, 0.25) is 0 Å². The van der Waals surface area contributed by atoms with Crippen LogP contribution in [0.3, 0.4) is 0 Å². The Labute approximate surface area is 388 Å². The maximum Gasteiger partial charge on any atom is 0.312 e. The summed E-state index contributed by atoms with van der Waals surface area (Å²) < 4.78 is 23.5. The number of carbonyl (C=O) groups is 5. The quantitative estimate of drug-likeness (QED) is 0.0819. The van der Waals surface area contributed by atoms with Crippen molar-refractivity contribution in [1.29, 1.82) is 0 Å². The Bertz CT molecular complexity index is 2600. The number of aliphatic hydroxyl groups is 3. The molecule has 3 aromatic rings. The number of allylic oxidation sites excluding steroid dienone is 3. The molecule has 0 saturated carbocycles. The Morgan fingerprint density at radius 3 is 2.15 bits per heavy atom. The first-order valence-electron chi connectivity index (χ1n) is 21.8. The topological polar surface area (TPSA) is 239 Å². The highest BCUT2D eigenvalue weighted by molar-refractivity contribution is 6.25. The Balaban J connectivity index is 1.43. The summed E-state index contributed by atoms with van der Waals surface area (Å²) in [5.74, 6) is -10.2. The van der Waals surface area contributed by atoms with Crippen LogP contribution in [-0.2, 0) is 23.8 Å². The van der Waals surface area contributed by atoms with Gasteiger partial charge in [-0.15, -0.1) is 0 Å². The van der Waals surface area contributed by atoms with E-state index < -0.39 is 117 Å². The van der Waals surface area contributed by atoms with E-state index in [0.717, 1.165) is 23.6 Å². The second-order valence-electron chi connectivity index (χ2n) is 17.3. The number of amides is 2. The molecule has 1 aliphatic carbocycles. The molecule has 0 radical (unpaired) electrons. The van der Waals surface area contributed by atoms with Crippen LogP contribution in [0.4, 0.5) is 0 Å². The zero-order valence-electron chi connectivity index (χ0n) is 38.7. The summed E-state index contributed by atoms with van der Waals surface area (Å²) in [6.07, 6.45) is 4.18. The molecule has 7 rings (SSSR count). The number of fused-ring (bicyclic) bond motifs is 14.